The largest absolute Gasteiger partial charge is 0.393 e. The van der Waals surface area contributed by atoms with E-state index in [4.69, 9.17) is 9.97 Å². The van der Waals surface area contributed by atoms with Crippen molar-refractivity contribution >= 4 is 22.8 Å². The van der Waals surface area contributed by atoms with Crippen LogP contribution in [0.4, 0.5) is 5.82 Å². The Kier molecular flexibility index (Phi) is 8.02. The van der Waals surface area contributed by atoms with Crippen molar-refractivity contribution in [2.24, 2.45) is 0 Å². The van der Waals surface area contributed by atoms with Crippen LogP contribution in [-0.2, 0) is 6.54 Å². The van der Waals surface area contributed by atoms with Crippen LogP contribution in [0.1, 0.15) is 42.5 Å². The molecule has 2 fully saturated rings. The predicted octanol–water partition coefficient (Wildman–Crippen LogP) is 3.74. The Morgan fingerprint density at radius 3 is 2.50 bits per heavy atom. The molecular weight excluding hydrogens is 502 g/mol. The molecule has 0 aliphatic carbocycles. The average Bonchev–Trinajstić information content (AvgIpc) is 3.53. The van der Waals surface area contributed by atoms with Crippen LogP contribution in [0.25, 0.3) is 22.3 Å². The van der Waals surface area contributed by atoms with E-state index in [2.05, 4.69) is 32.2 Å². The topological polar surface area (TPSA) is 99.4 Å². The lowest BCUT2D eigenvalue weighted by atomic mass is 9.98. The summed E-state index contributed by atoms with van der Waals surface area (Å²) in [6.45, 7) is 5.20. The third-order valence-electron chi connectivity index (χ3n) is 8.17. The lowest BCUT2D eigenvalue weighted by molar-refractivity contribution is 0.0542. The number of piperidine rings is 2. The molecule has 4 heterocycles. The van der Waals surface area contributed by atoms with Crippen molar-refractivity contribution in [1.29, 1.82) is 0 Å². The van der Waals surface area contributed by atoms with Gasteiger partial charge in [0.2, 0.25) is 0 Å². The van der Waals surface area contributed by atoms with Crippen LogP contribution in [0.2, 0.25) is 0 Å². The minimum absolute atomic E-state index is 0.105. The summed E-state index contributed by atoms with van der Waals surface area (Å²) in [6.07, 6.45) is 10.0. The zero-order valence-electron chi connectivity index (χ0n) is 22.8. The Morgan fingerprint density at radius 1 is 0.950 bits per heavy atom. The first-order chi connectivity index (χ1) is 19.6. The average molecular weight is 540 g/mol. The first kappa shape index (κ1) is 26.4. The molecule has 0 spiro atoms. The minimum atomic E-state index is -0.142. The molecule has 1 amide bonds. The lowest BCUT2D eigenvalue weighted by Gasteiger charge is -2.41. The van der Waals surface area contributed by atoms with Gasteiger partial charge < -0.3 is 24.8 Å². The maximum atomic E-state index is 12.9. The van der Waals surface area contributed by atoms with E-state index < -0.39 is 0 Å². The molecule has 9 nitrogen and oxygen atoms in total. The second-order valence-corrected chi connectivity index (χ2v) is 10.9. The molecule has 208 valence electrons. The molecule has 2 aromatic heterocycles. The molecule has 4 aromatic rings. The molecule has 0 unspecified atom stereocenters. The third kappa shape index (κ3) is 6.00. The molecule has 9 heteroatoms. The van der Waals surface area contributed by atoms with Crippen molar-refractivity contribution in [2.45, 2.75) is 50.8 Å². The van der Waals surface area contributed by atoms with E-state index >= 15 is 0 Å². The number of aliphatic hydroxyl groups excluding tert-OH is 1. The second kappa shape index (κ2) is 12.1. The Labute approximate surface area is 234 Å². The van der Waals surface area contributed by atoms with Crippen LogP contribution in [0, 0.1) is 0 Å². The minimum Gasteiger partial charge on any atom is -0.393 e. The van der Waals surface area contributed by atoms with E-state index in [1.807, 2.05) is 47.2 Å². The van der Waals surface area contributed by atoms with Crippen LogP contribution in [-0.4, -0.2) is 80.3 Å². The molecule has 0 atom stereocenters. The quantitative estimate of drug-likeness (QED) is 0.329. The first-order valence-corrected chi connectivity index (χ1v) is 14.4. The number of aromatic nitrogens is 4. The van der Waals surface area contributed by atoms with Gasteiger partial charge in [0.25, 0.3) is 5.91 Å². The summed E-state index contributed by atoms with van der Waals surface area (Å²) in [7, 11) is 0. The number of likely N-dealkylation sites (tertiary alicyclic amines) is 1. The summed E-state index contributed by atoms with van der Waals surface area (Å²) in [5.74, 6) is 0.801. The van der Waals surface area contributed by atoms with Crippen LogP contribution in [0.5, 0.6) is 0 Å². The summed E-state index contributed by atoms with van der Waals surface area (Å²) in [6, 6.07) is 16.3. The number of hydrogen-bond acceptors (Lipinski definition) is 7. The Hall–Kier alpha value is -3.82. The fraction of sp³-hybridized carbons (Fsp3) is 0.419. The Morgan fingerprint density at radius 2 is 1.75 bits per heavy atom. The number of carbonyl (C=O) groups excluding carboxylic acids is 1. The maximum absolute atomic E-state index is 12.9. The maximum Gasteiger partial charge on any atom is 0.251 e. The van der Waals surface area contributed by atoms with E-state index in [0.717, 1.165) is 92.9 Å². The van der Waals surface area contributed by atoms with Gasteiger partial charge >= 0.3 is 0 Å². The fourth-order valence-electron chi connectivity index (χ4n) is 5.87. The van der Waals surface area contributed by atoms with Crippen molar-refractivity contribution in [2.75, 3.05) is 37.6 Å². The summed E-state index contributed by atoms with van der Waals surface area (Å²) >= 11 is 0. The van der Waals surface area contributed by atoms with Crippen LogP contribution in [0.3, 0.4) is 0 Å². The lowest BCUT2D eigenvalue weighted by Crippen LogP contribution is -2.48. The third-order valence-corrected chi connectivity index (χ3v) is 8.17. The van der Waals surface area contributed by atoms with Gasteiger partial charge in [-0.15, -0.1) is 0 Å². The van der Waals surface area contributed by atoms with Gasteiger partial charge in [-0.25, -0.2) is 15.0 Å². The van der Waals surface area contributed by atoms with E-state index in [1.165, 1.54) is 0 Å². The van der Waals surface area contributed by atoms with E-state index in [9.17, 15) is 9.90 Å². The molecule has 2 N–H and O–H groups in total. The highest BCUT2D eigenvalue weighted by Crippen LogP contribution is 2.32. The monoisotopic (exact) mass is 539 g/mol. The van der Waals surface area contributed by atoms with Crippen molar-refractivity contribution in [1.82, 2.24) is 29.7 Å². The number of benzene rings is 2. The number of imidazole rings is 1. The van der Waals surface area contributed by atoms with Crippen LogP contribution >= 0.6 is 0 Å². The zero-order chi connectivity index (χ0) is 27.3. The highest BCUT2D eigenvalue weighted by molar-refractivity contribution is 5.97. The van der Waals surface area contributed by atoms with Crippen molar-refractivity contribution < 1.29 is 9.90 Å². The molecule has 0 radical (unpaired) electrons. The standard InChI is InChI=1S/C31H37N7O2/c39-26-11-18-37(19-12-26)25-9-16-38(17-10-25)30-29(23-5-2-1-3-6-23)34-28-21-24(7-8-27(28)35-30)31(40)33-13-4-15-36-20-14-32-22-36/h1-3,5-8,14,20-22,25-26,39H,4,9-13,15-19H2,(H,33,40). The number of fused-ring (bicyclic) bond motifs is 1. The van der Waals surface area contributed by atoms with Crippen molar-refractivity contribution in [3.8, 4) is 11.3 Å². The molecular formula is C31H37N7O2. The second-order valence-electron chi connectivity index (χ2n) is 10.9. The van der Waals surface area contributed by atoms with Gasteiger partial charge in [0.15, 0.2) is 5.82 Å². The van der Waals surface area contributed by atoms with Gasteiger partial charge in [0, 0.05) is 68.8 Å². The number of carbonyl (C=O) groups is 1. The summed E-state index contributed by atoms with van der Waals surface area (Å²) in [4.78, 5) is 32.0. The summed E-state index contributed by atoms with van der Waals surface area (Å²) in [5.41, 5.74) is 3.97. The number of aryl methyl sites for hydroxylation is 1. The molecule has 0 bridgehead atoms. The molecule has 2 saturated heterocycles. The summed E-state index contributed by atoms with van der Waals surface area (Å²) < 4.78 is 2.00. The number of anilines is 1. The smallest absolute Gasteiger partial charge is 0.251 e. The Balaban J connectivity index is 1.19. The molecule has 2 aliphatic rings. The van der Waals surface area contributed by atoms with E-state index in [1.54, 1.807) is 12.5 Å². The predicted molar refractivity (Wildman–Crippen MR) is 156 cm³/mol. The zero-order valence-corrected chi connectivity index (χ0v) is 22.8. The van der Waals surface area contributed by atoms with E-state index in [0.29, 0.717) is 18.2 Å². The van der Waals surface area contributed by atoms with Gasteiger partial charge in [-0.3, -0.25) is 4.79 Å². The summed E-state index contributed by atoms with van der Waals surface area (Å²) in [5, 5.41) is 12.9. The molecule has 0 saturated carbocycles. The van der Waals surface area contributed by atoms with Gasteiger partial charge in [-0.05, 0) is 50.3 Å². The number of nitrogens with one attached hydrogen (secondary N) is 1. The van der Waals surface area contributed by atoms with Gasteiger partial charge in [-0.1, -0.05) is 30.3 Å². The molecule has 2 aliphatic heterocycles. The normalized spacial score (nSPS) is 17.4. The highest BCUT2D eigenvalue weighted by Gasteiger charge is 2.29. The number of nitrogens with zero attached hydrogens (tertiary/aromatic N) is 6. The fourth-order valence-corrected chi connectivity index (χ4v) is 5.87. The van der Waals surface area contributed by atoms with Crippen LogP contribution < -0.4 is 10.2 Å². The molecule has 40 heavy (non-hydrogen) atoms. The van der Waals surface area contributed by atoms with Crippen molar-refractivity contribution in [3.63, 3.8) is 0 Å². The SMILES string of the molecule is O=C(NCCCn1ccnc1)c1ccc2nc(N3CCC(N4CCC(O)CC4)CC3)c(-c3ccccc3)nc2c1. The number of aliphatic hydroxyl groups is 1. The van der Waals surface area contributed by atoms with E-state index in [-0.39, 0.29) is 12.0 Å². The number of amides is 1. The molecule has 6 rings (SSSR count). The first-order valence-electron chi connectivity index (χ1n) is 14.4. The Bertz CT molecular complexity index is 1410. The molecule has 2 aromatic carbocycles. The van der Waals surface area contributed by atoms with Gasteiger partial charge in [-0.2, -0.15) is 0 Å². The highest BCUT2D eigenvalue weighted by atomic mass is 16.3. The van der Waals surface area contributed by atoms with Gasteiger partial charge in [0.1, 0.15) is 5.69 Å². The number of hydrogen-bond donors (Lipinski definition) is 2. The number of rotatable bonds is 8. The van der Waals surface area contributed by atoms with Crippen molar-refractivity contribution in [3.05, 3.63) is 72.8 Å². The van der Waals surface area contributed by atoms with Crippen LogP contribution in [0.15, 0.2) is 67.3 Å². The van der Waals surface area contributed by atoms with Gasteiger partial charge in [0.05, 0.1) is 23.5 Å².